The van der Waals surface area contributed by atoms with Gasteiger partial charge >= 0.3 is 0 Å². The summed E-state index contributed by atoms with van der Waals surface area (Å²) in [6.45, 7) is 2.04. The summed E-state index contributed by atoms with van der Waals surface area (Å²) >= 11 is 0. The Labute approximate surface area is 188 Å². The number of hydrogen-bond donors (Lipinski definition) is 1. The molecule has 32 heavy (non-hydrogen) atoms. The molecule has 0 aliphatic heterocycles. The molecule has 0 bridgehead atoms. The average Bonchev–Trinajstić information content (AvgIpc) is 3.60. The van der Waals surface area contributed by atoms with Gasteiger partial charge in [0.1, 0.15) is 11.6 Å². The van der Waals surface area contributed by atoms with Crippen LogP contribution in [0.1, 0.15) is 57.8 Å². The molecule has 1 fully saturated rings. The van der Waals surface area contributed by atoms with Gasteiger partial charge in [0.05, 0.1) is 11.6 Å². The van der Waals surface area contributed by atoms with Gasteiger partial charge in [-0.3, -0.25) is 9.59 Å². The molecule has 7 nitrogen and oxygen atoms in total. The quantitative estimate of drug-likeness (QED) is 0.622. The summed E-state index contributed by atoms with van der Waals surface area (Å²) in [5.41, 5.74) is 3.33. The summed E-state index contributed by atoms with van der Waals surface area (Å²) in [6.07, 6.45) is 4.36. The van der Waals surface area contributed by atoms with Gasteiger partial charge < -0.3 is 14.8 Å². The third kappa shape index (κ3) is 5.04. The maximum atomic E-state index is 13.1. The van der Waals surface area contributed by atoms with Crippen LogP contribution in [0.3, 0.4) is 0 Å². The minimum Gasteiger partial charge on any atom is -0.363 e. The lowest BCUT2D eigenvalue weighted by atomic mass is 9.99. The molecule has 0 saturated heterocycles. The molecule has 1 amide bonds. The van der Waals surface area contributed by atoms with Crippen molar-refractivity contribution >= 4 is 11.7 Å². The molecule has 1 atom stereocenters. The Morgan fingerprint density at radius 3 is 2.62 bits per heavy atom. The van der Waals surface area contributed by atoms with Gasteiger partial charge in [-0.15, -0.1) is 0 Å². The van der Waals surface area contributed by atoms with Crippen LogP contribution in [0.4, 0.5) is 5.82 Å². The van der Waals surface area contributed by atoms with E-state index in [1.54, 1.807) is 19.3 Å². The van der Waals surface area contributed by atoms with Crippen LogP contribution in [-0.4, -0.2) is 34.5 Å². The topological polar surface area (TPSA) is 80.1 Å². The predicted molar refractivity (Wildman–Crippen MR) is 125 cm³/mol. The van der Waals surface area contributed by atoms with Gasteiger partial charge in [0.15, 0.2) is 0 Å². The molecule has 0 spiro atoms. The summed E-state index contributed by atoms with van der Waals surface area (Å²) in [5.74, 6) is 1.98. The lowest BCUT2D eigenvalue weighted by Crippen LogP contribution is -2.31. The lowest BCUT2D eigenvalue weighted by Gasteiger charge is -2.21. The number of pyridine rings is 1. The minimum atomic E-state index is -0.267. The van der Waals surface area contributed by atoms with Crippen molar-refractivity contribution in [3.05, 3.63) is 87.2 Å². The van der Waals surface area contributed by atoms with E-state index in [4.69, 9.17) is 9.97 Å². The second-order valence-electron chi connectivity index (χ2n) is 8.76. The van der Waals surface area contributed by atoms with E-state index in [1.165, 1.54) is 10.6 Å². The molecule has 1 aromatic carbocycles. The van der Waals surface area contributed by atoms with Gasteiger partial charge in [0.25, 0.3) is 5.91 Å². The highest BCUT2D eigenvalue weighted by atomic mass is 16.2. The van der Waals surface area contributed by atoms with Crippen molar-refractivity contribution < 1.29 is 4.79 Å². The van der Waals surface area contributed by atoms with E-state index in [1.807, 2.05) is 50.2 Å². The molecular weight excluding hydrogens is 402 g/mol. The number of aryl methyl sites for hydroxylation is 2. The maximum Gasteiger partial charge on any atom is 0.253 e. The first kappa shape index (κ1) is 21.7. The van der Waals surface area contributed by atoms with Gasteiger partial charge in [-0.2, -0.15) is 0 Å². The number of carbonyl (C=O) groups excluding carboxylic acids is 1. The van der Waals surface area contributed by atoms with Gasteiger partial charge in [-0.1, -0.05) is 29.8 Å². The van der Waals surface area contributed by atoms with Crippen molar-refractivity contribution in [2.45, 2.75) is 38.1 Å². The van der Waals surface area contributed by atoms with Crippen LogP contribution in [0.25, 0.3) is 0 Å². The number of amides is 1. The van der Waals surface area contributed by atoms with E-state index >= 15 is 0 Å². The average molecular weight is 432 g/mol. The fourth-order valence-corrected chi connectivity index (χ4v) is 3.68. The van der Waals surface area contributed by atoms with Crippen molar-refractivity contribution in [2.75, 3.05) is 19.0 Å². The first-order valence-corrected chi connectivity index (χ1v) is 10.9. The lowest BCUT2D eigenvalue weighted by molar-refractivity contribution is 0.0935. The molecule has 1 saturated carbocycles. The number of nitrogens with zero attached hydrogens (tertiary/aromatic N) is 4. The molecule has 2 heterocycles. The number of nitrogens with one attached hydrogen (secondary N) is 1. The number of carbonyl (C=O) groups is 1. The molecule has 0 radical (unpaired) electrons. The van der Waals surface area contributed by atoms with Gasteiger partial charge in [-0.25, -0.2) is 9.97 Å². The highest BCUT2D eigenvalue weighted by Crippen LogP contribution is 2.38. The Balaban J connectivity index is 1.66. The van der Waals surface area contributed by atoms with Gasteiger partial charge in [0, 0.05) is 57.5 Å². The molecule has 2 aromatic heterocycles. The number of benzene rings is 1. The highest BCUT2D eigenvalue weighted by molar-refractivity contribution is 5.94. The van der Waals surface area contributed by atoms with Crippen LogP contribution < -0.4 is 15.8 Å². The molecule has 1 aliphatic rings. The SMILES string of the molecule is Cc1cccc(C(Cc2cc(N(C)C)nc(C3CC3)n2)NC(=O)c2ccc(=O)n(C)c2)c1. The number of aromatic nitrogens is 3. The van der Waals surface area contributed by atoms with E-state index in [0.29, 0.717) is 17.9 Å². The molecule has 3 aromatic rings. The molecule has 166 valence electrons. The predicted octanol–water partition coefficient (Wildman–Crippen LogP) is 3.14. The van der Waals surface area contributed by atoms with Crippen LogP contribution in [0.5, 0.6) is 0 Å². The largest absolute Gasteiger partial charge is 0.363 e. The van der Waals surface area contributed by atoms with E-state index in [0.717, 1.165) is 41.3 Å². The van der Waals surface area contributed by atoms with Gasteiger partial charge in [-0.05, 0) is 31.4 Å². The van der Waals surface area contributed by atoms with Crippen LogP contribution >= 0.6 is 0 Å². The summed E-state index contributed by atoms with van der Waals surface area (Å²) in [7, 11) is 5.59. The molecule has 1 unspecified atom stereocenters. The summed E-state index contributed by atoms with van der Waals surface area (Å²) in [4.78, 5) is 36.3. The fraction of sp³-hybridized carbons (Fsp3) is 0.360. The Bertz CT molecular complexity index is 1180. The zero-order valence-corrected chi connectivity index (χ0v) is 19.0. The molecule has 4 rings (SSSR count). The van der Waals surface area contributed by atoms with Crippen LogP contribution in [0, 0.1) is 6.92 Å². The summed E-state index contributed by atoms with van der Waals surface area (Å²) < 4.78 is 1.41. The summed E-state index contributed by atoms with van der Waals surface area (Å²) in [6, 6.07) is 12.8. The Hall–Kier alpha value is -3.48. The second-order valence-corrected chi connectivity index (χ2v) is 8.76. The normalized spacial score (nSPS) is 14.1. The second kappa shape index (κ2) is 8.94. The Morgan fingerprint density at radius 1 is 1.19 bits per heavy atom. The zero-order valence-electron chi connectivity index (χ0n) is 19.0. The Kier molecular flexibility index (Phi) is 6.08. The van der Waals surface area contributed by atoms with Crippen LogP contribution in [-0.2, 0) is 13.5 Å². The monoisotopic (exact) mass is 431 g/mol. The molecule has 1 aliphatic carbocycles. The molecule has 1 N–H and O–H groups in total. The minimum absolute atomic E-state index is 0.151. The standard InChI is InChI=1S/C25H29N5O2/c1-16-6-5-7-18(12-16)21(27-25(32)19-10-11-23(31)30(4)15-19)13-20-14-22(29(2)3)28-24(26-20)17-8-9-17/h5-7,10-12,14-15,17,21H,8-9,13H2,1-4H3,(H,27,32). The van der Waals surface area contributed by atoms with Crippen LogP contribution in [0.2, 0.25) is 0 Å². The van der Waals surface area contributed by atoms with Crippen molar-refractivity contribution in [2.24, 2.45) is 7.05 Å². The van der Waals surface area contributed by atoms with Crippen LogP contribution in [0.15, 0.2) is 53.5 Å². The van der Waals surface area contributed by atoms with Gasteiger partial charge in [0.2, 0.25) is 5.56 Å². The number of rotatable bonds is 7. The van der Waals surface area contributed by atoms with E-state index in [9.17, 15) is 9.59 Å². The first-order valence-electron chi connectivity index (χ1n) is 10.9. The fourth-order valence-electron chi connectivity index (χ4n) is 3.68. The third-order valence-corrected chi connectivity index (χ3v) is 5.69. The van der Waals surface area contributed by atoms with E-state index in [-0.39, 0.29) is 17.5 Å². The number of anilines is 1. The van der Waals surface area contributed by atoms with Crippen molar-refractivity contribution in [3.63, 3.8) is 0 Å². The number of hydrogen-bond acceptors (Lipinski definition) is 5. The smallest absolute Gasteiger partial charge is 0.253 e. The van der Waals surface area contributed by atoms with E-state index in [2.05, 4.69) is 11.4 Å². The first-order chi connectivity index (χ1) is 15.3. The van der Waals surface area contributed by atoms with Crippen molar-refractivity contribution in [1.82, 2.24) is 19.9 Å². The van der Waals surface area contributed by atoms with Crippen molar-refractivity contribution in [1.29, 1.82) is 0 Å². The molecular formula is C25H29N5O2. The highest BCUT2D eigenvalue weighted by Gasteiger charge is 2.28. The van der Waals surface area contributed by atoms with E-state index < -0.39 is 0 Å². The summed E-state index contributed by atoms with van der Waals surface area (Å²) in [5, 5.41) is 3.16. The molecule has 7 heteroatoms. The zero-order chi connectivity index (χ0) is 22.8. The van der Waals surface area contributed by atoms with Crippen molar-refractivity contribution in [3.8, 4) is 0 Å². The third-order valence-electron chi connectivity index (χ3n) is 5.69. The Morgan fingerprint density at radius 2 is 1.97 bits per heavy atom. The maximum absolute atomic E-state index is 13.1.